The van der Waals surface area contributed by atoms with Gasteiger partial charge in [0.15, 0.2) is 11.5 Å². The van der Waals surface area contributed by atoms with Gasteiger partial charge in [0, 0.05) is 6.07 Å². The number of para-hydroxylation sites is 2. The summed E-state index contributed by atoms with van der Waals surface area (Å²) < 4.78 is 62.8. The average Bonchev–Trinajstić information content (AvgIpc) is 2.95. The molecule has 8 nitrogen and oxygen atoms in total. The maximum atomic E-state index is 12.5. The first-order chi connectivity index (χ1) is 11.2. The SMILES string of the molecule is CS(=O)(=O)Nc1ccccc1NS(=O)(=O)c1ccc2c(c1)OCO2. The molecule has 0 fully saturated rings. The van der Waals surface area contributed by atoms with Gasteiger partial charge in [-0.2, -0.15) is 0 Å². The van der Waals surface area contributed by atoms with Crippen LogP contribution in [0.1, 0.15) is 0 Å². The summed E-state index contributed by atoms with van der Waals surface area (Å²) in [5.74, 6) is 0.800. The molecular weight excluding hydrogens is 356 g/mol. The molecule has 1 aliphatic rings. The smallest absolute Gasteiger partial charge is 0.262 e. The minimum Gasteiger partial charge on any atom is -0.454 e. The van der Waals surface area contributed by atoms with Crippen LogP contribution in [0, 0.1) is 0 Å². The third-order valence-electron chi connectivity index (χ3n) is 3.12. The molecule has 2 N–H and O–H groups in total. The summed E-state index contributed by atoms with van der Waals surface area (Å²) in [6.07, 6.45) is 0.982. The van der Waals surface area contributed by atoms with Gasteiger partial charge in [0.05, 0.1) is 22.5 Å². The van der Waals surface area contributed by atoms with Crippen LogP contribution in [0.25, 0.3) is 0 Å². The second-order valence-corrected chi connectivity index (χ2v) is 8.47. The molecule has 1 heterocycles. The lowest BCUT2D eigenvalue weighted by molar-refractivity contribution is 0.174. The summed E-state index contributed by atoms with van der Waals surface area (Å²) in [5, 5.41) is 0. The normalized spacial score (nSPS) is 13.5. The van der Waals surface area contributed by atoms with Gasteiger partial charge in [-0.05, 0) is 24.3 Å². The number of ether oxygens (including phenoxy) is 2. The summed E-state index contributed by atoms with van der Waals surface area (Å²) >= 11 is 0. The fraction of sp³-hybridized carbons (Fsp3) is 0.143. The molecule has 0 radical (unpaired) electrons. The molecule has 10 heteroatoms. The zero-order valence-electron chi connectivity index (χ0n) is 12.5. The topological polar surface area (TPSA) is 111 Å². The second-order valence-electron chi connectivity index (χ2n) is 5.04. The first kappa shape index (κ1) is 16.4. The van der Waals surface area contributed by atoms with E-state index in [0.717, 1.165) is 6.26 Å². The molecule has 3 rings (SSSR count). The van der Waals surface area contributed by atoms with Crippen LogP contribution >= 0.6 is 0 Å². The van der Waals surface area contributed by atoms with E-state index in [0.29, 0.717) is 11.5 Å². The van der Waals surface area contributed by atoms with Crippen molar-refractivity contribution in [3.8, 4) is 11.5 Å². The highest BCUT2D eigenvalue weighted by atomic mass is 32.2. The summed E-state index contributed by atoms with van der Waals surface area (Å²) in [7, 11) is -7.48. The lowest BCUT2D eigenvalue weighted by Crippen LogP contribution is -2.16. The monoisotopic (exact) mass is 370 g/mol. The van der Waals surface area contributed by atoms with Crippen LogP contribution in [-0.2, 0) is 20.0 Å². The van der Waals surface area contributed by atoms with Gasteiger partial charge in [-0.15, -0.1) is 0 Å². The number of sulfonamides is 2. The Balaban J connectivity index is 1.93. The lowest BCUT2D eigenvalue weighted by Gasteiger charge is -2.13. The van der Waals surface area contributed by atoms with Gasteiger partial charge >= 0.3 is 0 Å². The number of hydrogen-bond donors (Lipinski definition) is 2. The highest BCUT2D eigenvalue weighted by Crippen LogP contribution is 2.34. The van der Waals surface area contributed by atoms with Crippen LogP contribution in [0.2, 0.25) is 0 Å². The van der Waals surface area contributed by atoms with Crippen molar-refractivity contribution in [1.82, 2.24) is 0 Å². The summed E-state index contributed by atoms with van der Waals surface area (Å²) in [5.41, 5.74) is 0.241. The number of hydrogen-bond acceptors (Lipinski definition) is 6. The van der Waals surface area contributed by atoms with Crippen LogP contribution in [-0.4, -0.2) is 29.9 Å². The number of fused-ring (bicyclic) bond motifs is 1. The number of rotatable bonds is 5. The van der Waals surface area contributed by atoms with E-state index in [2.05, 4.69) is 9.44 Å². The molecule has 0 unspecified atom stereocenters. The Bertz CT molecular complexity index is 986. The van der Waals surface area contributed by atoms with E-state index in [4.69, 9.17) is 9.47 Å². The van der Waals surface area contributed by atoms with Crippen molar-refractivity contribution >= 4 is 31.4 Å². The van der Waals surface area contributed by atoms with E-state index < -0.39 is 20.0 Å². The van der Waals surface area contributed by atoms with Crippen LogP contribution in [0.4, 0.5) is 11.4 Å². The van der Waals surface area contributed by atoms with Crippen LogP contribution in [0.5, 0.6) is 11.5 Å². The van der Waals surface area contributed by atoms with E-state index in [1.807, 2.05) is 0 Å². The van der Waals surface area contributed by atoms with Gasteiger partial charge in [-0.3, -0.25) is 9.44 Å². The average molecular weight is 370 g/mol. The lowest BCUT2D eigenvalue weighted by atomic mass is 10.3. The van der Waals surface area contributed by atoms with Crippen LogP contribution in [0.15, 0.2) is 47.4 Å². The van der Waals surface area contributed by atoms with E-state index in [9.17, 15) is 16.8 Å². The molecule has 0 atom stereocenters. The van der Waals surface area contributed by atoms with E-state index in [1.54, 1.807) is 12.1 Å². The first-order valence-electron chi connectivity index (χ1n) is 6.74. The number of anilines is 2. The molecule has 128 valence electrons. The Morgan fingerprint density at radius 3 is 2.17 bits per heavy atom. The van der Waals surface area contributed by atoms with Gasteiger partial charge in [0.1, 0.15) is 0 Å². The van der Waals surface area contributed by atoms with Crippen molar-refractivity contribution in [3.05, 3.63) is 42.5 Å². The standard InChI is InChI=1S/C14H14N2O6S2/c1-23(17,18)15-11-4-2-3-5-12(11)16-24(19,20)10-6-7-13-14(8-10)22-9-21-13/h2-8,15-16H,9H2,1H3. The van der Waals surface area contributed by atoms with Gasteiger partial charge in [0.2, 0.25) is 16.8 Å². The van der Waals surface area contributed by atoms with Crippen LogP contribution < -0.4 is 18.9 Å². The molecule has 0 aromatic heterocycles. The van der Waals surface area contributed by atoms with Crippen molar-refractivity contribution in [2.45, 2.75) is 4.90 Å². The highest BCUT2D eigenvalue weighted by Gasteiger charge is 2.21. The van der Waals surface area contributed by atoms with E-state index >= 15 is 0 Å². The Morgan fingerprint density at radius 2 is 1.50 bits per heavy atom. The molecule has 0 amide bonds. The number of benzene rings is 2. The molecular formula is C14H14N2O6S2. The van der Waals surface area contributed by atoms with E-state index in [-0.39, 0.29) is 23.1 Å². The highest BCUT2D eigenvalue weighted by molar-refractivity contribution is 7.93. The van der Waals surface area contributed by atoms with E-state index in [1.165, 1.54) is 30.3 Å². The first-order valence-corrected chi connectivity index (χ1v) is 10.1. The Morgan fingerprint density at radius 1 is 0.875 bits per heavy atom. The quantitative estimate of drug-likeness (QED) is 0.827. The summed E-state index contributed by atoms with van der Waals surface area (Å²) in [6, 6.07) is 10.3. The van der Waals surface area contributed by atoms with Crippen molar-refractivity contribution in [2.24, 2.45) is 0 Å². The summed E-state index contributed by atoms with van der Waals surface area (Å²) in [4.78, 5) is -0.0269. The predicted molar refractivity (Wildman–Crippen MR) is 88.3 cm³/mol. The third kappa shape index (κ3) is 3.54. The fourth-order valence-electron chi connectivity index (χ4n) is 2.11. The van der Waals surface area contributed by atoms with Gasteiger partial charge in [-0.1, -0.05) is 12.1 Å². The molecule has 0 aliphatic carbocycles. The zero-order valence-corrected chi connectivity index (χ0v) is 14.1. The molecule has 1 aliphatic heterocycles. The Hall–Kier alpha value is -2.46. The van der Waals surface area contributed by atoms with Gasteiger partial charge in [0.25, 0.3) is 10.0 Å². The Kier molecular flexibility index (Phi) is 4.01. The Labute approximate surface area is 139 Å². The fourth-order valence-corrected chi connectivity index (χ4v) is 3.78. The molecule has 0 saturated carbocycles. The van der Waals surface area contributed by atoms with Gasteiger partial charge in [-0.25, -0.2) is 16.8 Å². The van der Waals surface area contributed by atoms with Crippen molar-refractivity contribution in [2.75, 3.05) is 22.5 Å². The minimum absolute atomic E-state index is 0.0269. The number of nitrogens with one attached hydrogen (secondary N) is 2. The van der Waals surface area contributed by atoms with Crippen molar-refractivity contribution in [1.29, 1.82) is 0 Å². The minimum atomic E-state index is -3.93. The molecule has 24 heavy (non-hydrogen) atoms. The molecule has 0 saturated heterocycles. The van der Waals surface area contributed by atoms with Crippen LogP contribution in [0.3, 0.4) is 0 Å². The largest absolute Gasteiger partial charge is 0.454 e. The second kappa shape index (κ2) is 5.87. The van der Waals surface area contributed by atoms with Gasteiger partial charge < -0.3 is 9.47 Å². The maximum absolute atomic E-state index is 12.5. The molecule has 2 aromatic carbocycles. The maximum Gasteiger partial charge on any atom is 0.262 e. The van der Waals surface area contributed by atoms with Crippen molar-refractivity contribution in [3.63, 3.8) is 0 Å². The molecule has 2 aromatic rings. The predicted octanol–water partition coefficient (Wildman–Crippen LogP) is 1.59. The zero-order chi connectivity index (χ0) is 17.4. The molecule has 0 spiro atoms. The third-order valence-corrected chi connectivity index (χ3v) is 5.07. The summed E-state index contributed by atoms with van der Waals surface area (Å²) in [6.45, 7) is 0.0351. The van der Waals surface area contributed by atoms with Crippen molar-refractivity contribution < 1.29 is 26.3 Å². The molecule has 0 bridgehead atoms.